The minimum atomic E-state index is -0.131. The molecule has 2 aromatic heterocycles. The normalized spacial score (nSPS) is 11.1. The van der Waals surface area contributed by atoms with Gasteiger partial charge in [0.05, 0.1) is 11.4 Å². The lowest BCUT2D eigenvalue weighted by Gasteiger charge is -2.25. The molecule has 1 aromatic carbocycles. The predicted octanol–water partition coefficient (Wildman–Crippen LogP) is 5.22. The number of anilines is 2. The van der Waals surface area contributed by atoms with Crippen molar-refractivity contribution in [2.24, 2.45) is 0 Å². The van der Waals surface area contributed by atoms with E-state index in [-0.39, 0.29) is 17.9 Å². The number of carbonyl (C=O) groups excluding carboxylic acids is 2. The van der Waals surface area contributed by atoms with Crippen molar-refractivity contribution in [3.8, 4) is 0 Å². The second-order valence-corrected chi connectivity index (χ2v) is 9.03. The van der Waals surface area contributed by atoms with Crippen molar-refractivity contribution >= 4 is 45.9 Å². The van der Waals surface area contributed by atoms with Gasteiger partial charge in [-0.05, 0) is 73.5 Å². The second-order valence-electron chi connectivity index (χ2n) is 7.08. The molecule has 0 bridgehead atoms. The van der Waals surface area contributed by atoms with Crippen LogP contribution in [0.4, 0.5) is 11.4 Å². The third-order valence-electron chi connectivity index (χ3n) is 4.56. The monoisotopic (exact) mass is 427 g/mol. The largest absolute Gasteiger partial charge is 0.325 e. The molecule has 0 atom stereocenters. The summed E-state index contributed by atoms with van der Waals surface area (Å²) >= 11 is 3.12. The van der Waals surface area contributed by atoms with Crippen LogP contribution in [0.5, 0.6) is 0 Å². The highest BCUT2D eigenvalue weighted by Gasteiger charge is 2.16. The van der Waals surface area contributed by atoms with Gasteiger partial charge in [-0.15, -0.1) is 22.7 Å². The summed E-state index contributed by atoms with van der Waals surface area (Å²) < 4.78 is 0. The molecule has 0 spiro atoms. The topological polar surface area (TPSA) is 61.4 Å². The van der Waals surface area contributed by atoms with Crippen LogP contribution in [-0.2, 0) is 11.3 Å². The van der Waals surface area contributed by atoms with Gasteiger partial charge in [-0.3, -0.25) is 14.5 Å². The van der Waals surface area contributed by atoms with Gasteiger partial charge in [0.2, 0.25) is 5.91 Å². The summed E-state index contributed by atoms with van der Waals surface area (Å²) in [5.74, 6) is -0.184. The Bertz CT molecular complexity index is 947. The third-order valence-corrected chi connectivity index (χ3v) is 6.44. The zero-order valence-electron chi connectivity index (χ0n) is 16.8. The molecular formula is C22H25N3O2S2. The maximum Gasteiger partial charge on any atom is 0.265 e. The molecule has 0 fully saturated rings. The minimum absolute atomic E-state index is 0.0525. The van der Waals surface area contributed by atoms with Gasteiger partial charge in [-0.25, -0.2) is 0 Å². The summed E-state index contributed by atoms with van der Waals surface area (Å²) in [4.78, 5) is 28.8. The summed E-state index contributed by atoms with van der Waals surface area (Å²) in [6.45, 7) is 7.39. The summed E-state index contributed by atoms with van der Waals surface area (Å²) in [7, 11) is 0. The zero-order chi connectivity index (χ0) is 20.8. The van der Waals surface area contributed by atoms with Crippen molar-refractivity contribution in [1.29, 1.82) is 0 Å². The molecular weight excluding hydrogens is 402 g/mol. The van der Waals surface area contributed by atoms with Crippen LogP contribution in [0, 0.1) is 6.92 Å². The van der Waals surface area contributed by atoms with E-state index >= 15 is 0 Å². The lowest BCUT2D eigenvalue weighted by molar-refractivity contribution is -0.117. The molecule has 2 amide bonds. The Morgan fingerprint density at radius 3 is 2.21 bits per heavy atom. The van der Waals surface area contributed by atoms with Gasteiger partial charge >= 0.3 is 0 Å². The Morgan fingerprint density at radius 2 is 1.66 bits per heavy atom. The highest BCUT2D eigenvalue weighted by molar-refractivity contribution is 7.12. The number of rotatable bonds is 8. The molecule has 7 heteroatoms. The lowest BCUT2D eigenvalue weighted by atomic mass is 10.2. The van der Waals surface area contributed by atoms with E-state index in [0.29, 0.717) is 22.8 Å². The third kappa shape index (κ3) is 6.00. The summed E-state index contributed by atoms with van der Waals surface area (Å²) in [6.07, 6.45) is 0. The van der Waals surface area contributed by atoms with Gasteiger partial charge in [-0.2, -0.15) is 0 Å². The fourth-order valence-electron chi connectivity index (χ4n) is 2.79. The Labute approximate surface area is 179 Å². The summed E-state index contributed by atoms with van der Waals surface area (Å²) in [6, 6.07) is 13.2. The molecule has 3 rings (SSSR count). The zero-order valence-corrected chi connectivity index (χ0v) is 18.4. The molecule has 2 heterocycles. The number of aryl methyl sites for hydroxylation is 1. The van der Waals surface area contributed by atoms with E-state index in [2.05, 4.69) is 47.8 Å². The van der Waals surface area contributed by atoms with Crippen molar-refractivity contribution in [1.82, 2.24) is 4.90 Å². The van der Waals surface area contributed by atoms with Crippen molar-refractivity contribution < 1.29 is 9.59 Å². The van der Waals surface area contributed by atoms with E-state index in [1.165, 1.54) is 21.8 Å². The molecule has 3 aromatic rings. The molecule has 0 aliphatic carbocycles. The maximum absolute atomic E-state index is 12.5. The predicted molar refractivity (Wildman–Crippen MR) is 122 cm³/mol. The van der Waals surface area contributed by atoms with Crippen molar-refractivity contribution in [3.63, 3.8) is 0 Å². The number of thiophene rings is 2. The number of carbonyl (C=O) groups is 2. The Kier molecular flexibility index (Phi) is 7.19. The molecule has 0 aliphatic heterocycles. The average molecular weight is 428 g/mol. The van der Waals surface area contributed by atoms with Gasteiger partial charge in [0, 0.05) is 28.8 Å². The van der Waals surface area contributed by atoms with E-state index in [4.69, 9.17) is 0 Å². The molecule has 2 N–H and O–H groups in total. The molecule has 29 heavy (non-hydrogen) atoms. The minimum Gasteiger partial charge on any atom is -0.325 e. The van der Waals surface area contributed by atoms with Gasteiger partial charge in [0.1, 0.15) is 0 Å². The lowest BCUT2D eigenvalue weighted by Crippen LogP contribution is -2.37. The van der Waals surface area contributed by atoms with Crippen LogP contribution in [0.1, 0.15) is 34.0 Å². The Balaban J connectivity index is 1.55. The molecule has 0 radical (unpaired) electrons. The fourth-order valence-corrected chi connectivity index (χ4v) is 4.34. The number of nitrogens with one attached hydrogen (secondary N) is 2. The number of nitrogens with zero attached hydrogens (tertiary/aromatic N) is 1. The molecule has 0 saturated heterocycles. The number of hydrogen-bond acceptors (Lipinski definition) is 5. The maximum atomic E-state index is 12.5. The number of amides is 2. The van der Waals surface area contributed by atoms with Gasteiger partial charge in [-0.1, -0.05) is 6.07 Å². The summed E-state index contributed by atoms with van der Waals surface area (Å²) in [5, 5.41) is 9.75. The van der Waals surface area contributed by atoms with Crippen molar-refractivity contribution in [2.45, 2.75) is 33.4 Å². The van der Waals surface area contributed by atoms with Gasteiger partial charge in [0.15, 0.2) is 0 Å². The number of hydrogen-bond donors (Lipinski definition) is 2. The van der Waals surface area contributed by atoms with Crippen LogP contribution in [-0.4, -0.2) is 29.3 Å². The van der Waals surface area contributed by atoms with E-state index in [1.807, 2.05) is 11.4 Å². The smallest absolute Gasteiger partial charge is 0.265 e. The first-order valence-corrected chi connectivity index (χ1v) is 11.2. The fraction of sp³-hybridized carbons (Fsp3) is 0.273. The van der Waals surface area contributed by atoms with E-state index in [9.17, 15) is 9.59 Å². The highest BCUT2D eigenvalue weighted by atomic mass is 32.1. The first-order chi connectivity index (χ1) is 13.9. The summed E-state index contributed by atoms with van der Waals surface area (Å²) in [5.41, 5.74) is 2.67. The molecule has 152 valence electrons. The molecule has 0 aliphatic rings. The van der Waals surface area contributed by atoms with Crippen LogP contribution >= 0.6 is 22.7 Å². The standard InChI is InChI=1S/C22H25N3O2S2/c1-15(2)25(13-20-16(3)10-12-29-20)14-21(26)23-17-6-8-18(9-7-17)24-22(27)19-5-4-11-28-19/h4-12,15H,13-14H2,1-3H3,(H,23,26)(H,24,27). The van der Waals surface area contributed by atoms with E-state index in [1.54, 1.807) is 41.7 Å². The highest BCUT2D eigenvalue weighted by Crippen LogP contribution is 2.20. The quantitative estimate of drug-likeness (QED) is 0.518. The first kappa shape index (κ1) is 21.2. The van der Waals surface area contributed by atoms with Crippen LogP contribution in [0.25, 0.3) is 0 Å². The van der Waals surface area contributed by atoms with Crippen LogP contribution in [0.2, 0.25) is 0 Å². The van der Waals surface area contributed by atoms with Crippen LogP contribution in [0.3, 0.4) is 0 Å². The van der Waals surface area contributed by atoms with Crippen molar-refractivity contribution in [2.75, 3.05) is 17.2 Å². The molecule has 5 nitrogen and oxygen atoms in total. The first-order valence-electron chi connectivity index (χ1n) is 9.44. The molecule has 0 unspecified atom stereocenters. The Hall–Kier alpha value is -2.48. The second kappa shape index (κ2) is 9.82. The van der Waals surface area contributed by atoms with E-state index in [0.717, 1.165) is 6.54 Å². The van der Waals surface area contributed by atoms with Gasteiger partial charge < -0.3 is 10.6 Å². The van der Waals surface area contributed by atoms with Crippen molar-refractivity contribution in [3.05, 3.63) is 68.5 Å². The Morgan fingerprint density at radius 1 is 0.966 bits per heavy atom. The van der Waals surface area contributed by atoms with Crippen LogP contribution < -0.4 is 10.6 Å². The number of benzene rings is 1. The van der Waals surface area contributed by atoms with Crippen LogP contribution in [0.15, 0.2) is 53.2 Å². The average Bonchev–Trinajstić information content (AvgIpc) is 3.35. The SMILES string of the molecule is Cc1ccsc1CN(CC(=O)Nc1ccc(NC(=O)c2cccs2)cc1)C(C)C. The molecule has 0 saturated carbocycles. The van der Waals surface area contributed by atoms with Gasteiger partial charge in [0.25, 0.3) is 5.91 Å². The van der Waals surface area contributed by atoms with E-state index < -0.39 is 0 Å².